The Labute approximate surface area is 744 Å². The molecule has 33 nitrogen and oxygen atoms in total. The predicted molar refractivity (Wildman–Crippen MR) is 454 cm³/mol. The van der Waals surface area contributed by atoms with Crippen molar-refractivity contribution in [1.29, 1.82) is 0 Å². The molecule has 128 heavy (non-hydrogen) atoms. The van der Waals surface area contributed by atoms with Crippen molar-refractivity contribution in [2.45, 2.75) is 281 Å². The van der Waals surface area contributed by atoms with Gasteiger partial charge in [0.1, 0.15) is 83.3 Å². The summed E-state index contributed by atoms with van der Waals surface area (Å²) in [7, 11) is 3.45. The quantitative estimate of drug-likeness (QED) is 0.0273. The molecule has 4 bridgehead atoms. The molecular weight excluding hydrogens is 1660 g/mol. The van der Waals surface area contributed by atoms with Crippen LogP contribution in [0.1, 0.15) is 193 Å². The molecule has 5 aliphatic heterocycles. The van der Waals surface area contributed by atoms with Gasteiger partial charge in [-0.2, -0.15) is 0 Å². The molecule has 33 heteroatoms. The van der Waals surface area contributed by atoms with Gasteiger partial charge in [0.15, 0.2) is 36.0 Å². The molecule has 3 amide bonds. The second kappa shape index (κ2) is 35.2. The van der Waals surface area contributed by atoms with Gasteiger partial charge >= 0.3 is 48.0 Å². The number of aliphatic hydroxyl groups excluding tert-OH is 2. The number of carbonyl (C=O) groups excluding carboxylic acids is 9. The molecule has 4 aromatic rings. The summed E-state index contributed by atoms with van der Waals surface area (Å²) in [5.41, 5.74) is -10.6. The Kier molecular flexibility index (Phi) is 26.0. The molecule has 11 aliphatic rings. The van der Waals surface area contributed by atoms with Crippen molar-refractivity contribution in [2.24, 2.45) is 39.4 Å². The topological polar surface area (TPSA) is 420 Å². The van der Waals surface area contributed by atoms with Gasteiger partial charge < -0.3 is 102 Å². The highest BCUT2D eigenvalue weighted by molar-refractivity contribution is 5.90. The van der Waals surface area contributed by atoms with Gasteiger partial charge in [0.2, 0.25) is 5.91 Å². The number of alkyl carbamates (subject to hydrolysis) is 2. The zero-order chi connectivity index (χ0) is 92.9. The van der Waals surface area contributed by atoms with Crippen LogP contribution in [-0.4, -0.2) is 260 Å². The maximum atomic E-state index is 14.5. The normalized spacial score (nSPS) is 34.4. The Morgan fingerprint density at radius 3 is 1.33 bits per heavy atom. The first-order valence-electron chi connectivity index (χ1n) is 43.8. The van der Waals surface area contributed by atoms with E-state index in [-0.39, 0.29) is 60.4 Å². The first-order chi connectivity index (χ1) is 60.1. The number of aliphatic hydroxyl groups is 4. The van der Waals surface area contributed by atoms with Gasteiger partial charge in [-0.25, -0.2) is 28.8 Å². The van der Waals surface area contributed by atoms with Gasteiger partial charge in [-0.05, 0) is 158 Å². The van der Waals surface area contributed by atoms with Crippen LogP contribution in [0.4, 0.5) is 9.59 Å². The number of esters is 6. The lowest BCUT2D eigenvalue weighted by atomic mass is 9.45. The number of aromatic nitrogens is 2. The summed E-state index contributed by atoms with van der Waals surface area (Å²) >= 11 is 0. The van der Waals surface area contributed by atoms with Crippen LogP contribution in [0.3, 0.4) is 0 Å². The number of fused-ring (bicyclic) bond motifs is 16. The Morgan fingerprint density at radius 2 is 0.969 bits per heavy atom. The van der Waals surface area contributed by atoms with Crippen molar-refractivity contribution in [1.82, 2.24) is 30.4 Å². The Bertz CT molecular complexity index is 4940. The van der Waals surface area contributed by atoms with Crippen LogP contribution < -0.4 is 10.6 Å². The van der Waals surface area contributed by atoms with E-state index >= 15 is 0 Å². The van der Waals surface area contributed by atoms with E-state index in [0.717, 1.165) is 0 Å². The number of likely N-dealkylation sites (tertiary alicyclic amines) is 1. The molecular formula is C95H122N6O27. The van der Waals surface area contributed by atoms with Crippen molar-refractivity contribution in [3.63, 3.8) is 0 Å². The highest BCUT2D eigenvalue weighted by Gasteiger charge is 2.80. The third-order valence-corrected chi connectivity index (χ3v) is 28.4. The summed E-state index contributed by atoms with van der Waals surface area (Å²) in [6, 6.07) is 23.5. The van der Waals surface area contributed by atoms with Crippen LogP contribution in [0.15, 0.2) is 144 Å². The minimum atomic E-state index is -2.11. The van der Waals surface area contributed by atoms with Gasteiger partial charge in [0.25, 0.3) is 0 Å². The molecule has 7 heterocycles. The molecule has 0 spiro atoms. The second-order valence-corrected chi connectivity index (χ2v) is 39.7. The standard InChI is InChI=1S/C50H66N4O14.C45H56N2O13/c1-27-32(63-44(59)37(56)36(31-18-14-15-21-51-31)52-45(60)68-46(3,4)5)22-50(61)41(66-43(58)29-16-12-11-13-17-29)39-48(8,20-19-33-49(39,26-62-33)67-28(2)55)40-38(35(27)47(50,6)7)64-34(65-40)25-54-23-30(24-54)42(57)53(9)10;1-10-30-56-34-31-24(2)28(55-39(51)33(49)32(27-18-14-15-21-46-27)47-40(52)60-41(4,5)6)22-45(53,42(31,7)8)37(58-38(50)26-16-12-11-13-17-26)35-43(9,36(34)57-30)20-19-29-44(35,23-54-29)59-25(3)48/h11-18,21,30,32-34,36-41,56,61H,19-20,22-26H2,1-10H3,(H,52,60);10-18,21,28-30,32-37,49,53H,1,19-20,22-23H2,2-9H3,(H,47,52)/t32-,33+,34+,36-,37+,38+,39-,40+,41-,48+,49-,50+;28-,29+,30+,32-,33+,34+,35-,36+,37-,43+,44-,45+/m00/s1. The zero-order valence-corrected chi connectivity index (χ0v) is 75.9. The molecule has 24 atom stereocenters. The van der Waals surface area contributed by atoms with Gasteiger partial charge in [-0.1, -0.05) is 96.7 Å². The average molecular weight is 1780 g/mol. The van der Waals surface area contributed by atoms with Crippen LogP contribution in [0.25, 0.3) is 0 Å². The molecule has 6 N–H and O–H groups in total. The molecule has 5 saturated heterocycles. The van der Waals surface area contributed by atoms with E-state index in [1.807, 2.05) is 41.5 Å². The molecule has 4 saturated carbocycles. The molecule has 694 valence electrons. The third-order valence-electron chi connectivity index (χ3n) is 28.4. The Morgan fingerprint density at radius 1 is 0.570 bits per heavy atom. The number of ether oxygens (including phenoxy) is 14. The van der Waals surface area contributed by atoms with Crippen LogP contribution >= 0.6 is 0 Å². The number of pyridine rings is 2. The van der Waals surface area contributed by atoms with Gasteiger partial charge in [-0.3, -0.25) is 29.3 Å². The zero-order valence-electron chi connectivity index (χ0n) is 75.9. The van der Waals surface area contributed by atoms with Gasteiger partial charge in [0, 0.05) is 94.5 Å². The van der Waals surface area contributed by atoms with Crippen LogP contribution in [-0.2, 0) is 90.3 Å². The van der Waals surface area contributed by atoms with Crippen LogP contribution in [0.5, 0.6) is 0 Å². The summed E-state index contributed by atoms with van der Waals surface area (Å²) in [5.74, 6) is -7.04. The fourth-order valence-corrected chi connectivity index (χ4v) is 22.3. The maximum Gasteiger partial charge on any atom is 0.408 e. The van der Waals surface area contributed by atoms with E-state index in [0.29, 0.717) is 67.6 Å². The highest BCUT2D eigenvalue weighted by atomic mass is 16.7. The fourth-order valence-electron chi connectivity index (χ4n) is 22.3. The fraction of sp³-hybridized carbons (Fsp3) is 0.611. The molecule has 2 aromatic carbocycles. The number of hydrogen-bond donors (Lipinski definition) is 6. The van der Waals surface area contributed by atoms with E-state index in [1.54, 1.807) is 159 Å². The minimum absolute atomic E-state index is 0.0274. The smallest absolute Gasteiger partial charge is 0.408 e. The van der Waals surface area contributed by atoms with Crippen molar-refractivity contribution in [2.75, 3.05) is 46.9 Å². The van der Waals surface area contributed by atoms with E-state index in [1.165, 1.54) is 44.4 Å². The number of rotatable bonds is 20. The number of benzene rings is 2. The van der Waals surface area contributed by atoms with Crippen molar-refractivity contribution in [3.05, 3.63) is 167 Å². The van der Waals surface area contributed by atoms with Gasteiger partial charge in [0.05, 0.1) is 65.7 Å². The molecule has 0 radical (unpaired) electrons. The summed E-state index contributed by atoms with van der Waals surface area (Å²) in [4.78, 5) is 135. The first kappa shape index (κ1) is 94.5. The SMILES string of the molecule is C=C[C@@H]1O[C@@H]2C3=C(C)[C@@H](OC(=O)[C@H](O)[C@@H](NC(=O)OC(C)(C)C)c4ccccn4)C[C@@](O)([C@@H](OC(=O)c4ccccc4)[C@H]4[C@@](C)(CC[C@H]5OC[C@]54OC(C)=O)[C@@H]2O1)C3(C)C.CC(=O)O[C@@]12CO[C@@H]1CC[C@@]1(C)[C@@H]3O[C@H](CN4CC(C(=O)N(C)C)C4)O[C@@H]3C3=C(C)[C@@H](OC(=O)[C@H](O)[C@@H](NC(=O)OC(C)(C)C)c4ccccn4)C[C@@](O)([C@@H](OC(=O)c4ccccc4)[C@@H]12)C3(C)C. The van der Waals surface area contributed by atoms with Crippen molar-refractivity contribution >= 4 is 53.9 Å². The van der Waals surface area contributed by atoms with E-state index in [2.05, 4.69) is 32.1 Å². The second-order valence-electron chi connectivity index (χ2n) is 39.7. The van der Waals surface area contributed by atoms with Crippen molar-refractivity contribution in [3.8, 4) is 0 Å². The summed E-state index contributed by atoms with van der Waals surface area (Å²) in [6.07, 6.45) is -12.0. The molecule has 9 fully saturated rings. The maximum absolute atomic E-state index is 14.5. The van der Waals surface area contributed by atoms with Crippen LogP contribution in [0.2, 0.25) is 0 Å². The van der Waals surface area contributed by atoms with Crippen LogP contribution in [0, 0.1) is 39.4 Å². The Hall–Kier alpha value is -9.65. The lowest BCUT2D eigenvalue weighted by molar-refractivity contribution is -0.345. The average Bonchev–Trinajstić information content (AvgIpc) is 1.17. The number of hydrogen-bond acceptors (Lipinski definition) is 30. The number of carbonyl (C=O) groups is 9. The van der Waals surface area contributed by atoms with Crippen molar-refractivity contribution < 1.29 is 130 Å². The van der Waals surface area contributed by atoms with Gasteiger partial charge in [-0.15, -0.1) is 0 Å². The number of nitrogens with one attached hydrogen (secondary N) is 2. The Balaban J connectivity index is 0.000000209. The highest BCUT2D eigenvalue weighted by Crippen LogP contribution is 2.70. The lowest BCUT2D eigenvalue weighted by Crippen LogP contribution is -2.79. The first-order valence-corrected chi connectivity index (χ1v) is 43.8. The third kappa shape index (κ3) is 17.2. The summed E-state index contributed by atoms with van der Waals surface area (Å²) in [5, 5.41) is 56.5. The molecule has 2 aromatic heterocycles. The monoisotopic (exact) mass is 1780 g/mol. The molecule has 0 unspecified atom stereocenters. The predicted octanol–water partition coefficient (Wildman–Crippen LogP) is 8.93. The summed E-state index contributed by atoms with van der Waals surface area (Å²) < 4.78 is 89.1. The minimum Gasteiger partial charge on any atom is -0.456 e. The van der Waals surface area contributed by atoms with E-state index < -0.39 is 213 Å². The summed E-state index contributed by atoms with van der Waals surface area (Å²) in [6.45, 7) is 32.6. The van der Waals surface area contributed by atoms with E-state index in [9.17, 15) is 63.6 Å². The number of nitrogens with zero attached hydrogens (tertiary/aromatic N) is 4. The molecule has 6 aliphatic carbocycles. The van der Waals surface area contributed by atoms with E-state index in [4.69, 9.17) is 66.3 Å². The lowest BCUT2D eigenvalue weighted by Gasteiger charge is -2.68. The largest absolute Gasteiger partial charge is 0.456 e. The number of amides is 3. The molecule has 15 rings (SSSR count).